The number of hydrogen-bond donors (Lipinski definition) is 0. The van der Waals surface area contributed by atoms with Gasteiger partial charge >= 0.3 is 0 Å². The molecule has 1 atom stereocenters. The molecule has 0 heterocycles. The molecule has 0 radical (unpaired) electrons. The fourth-order valence-electron chi connectivity index (χ4n) is 2.69. The van der Waals surface area contributed by atoms with E-state index in [0.717, 1.165) is 12.5 Å². The van der Waals surface area contributed by atoms with Crippen LogP contribution in [-0.2, 0) is 0 Å². The summed E-state index contributed by atoms with van der Waals surface area (Å²) in [4.78, 5) is 2.41. The van der Waals surface area contributed by atoms with Crippen molar-refractivity contribution in [3.63, 3.8) is 0 Å². The Morgan fingerprint density at radius 1 is 1.40 bits per heavy atom. The van der Waals surface area contributed by atoms with Crippen LogP contribution in [0.5, 0.6) is 0 Å². The highest BCUT2D eigenvalue weighted by atomic mass is 15.2. The number of nitriles is 1. The third-order valence-corrected chi connectivity index (χ3v) is 3.44. The summed E-state index contributed by atoms with van der Waals surface area (Å²) in [6.07, 6.45) is 7.87. The van der Waals surface area contributed by atoms with Crippen LogP contribution in [0.15, 0.2) is 0 Å². The molecule has 1 aliphatic carbocycles. The van der Waals surface area contributed by atoms with Crippen molar-refractivity contribution in [3.8, 4) is 6.07 Å². The zero-order chi connectivity index (χ0) is 11.1. The summed E-state index contributed by atoms with van der Waals surface area (Å²) in [5.74, 6) is 0.740. The van der Waals surface area contributed by atoms with Gasteiger partial charge in [0.25, 0.3) is 0 Å². The number of hydrogen-bond acceptors (Lipinski definition) is 2. The van der Waals surface area contributed by atoms with Crippen molar-refractivity contribution in [2.75, 3.05) is 13.1 Å². The second-order valence-electron chi connectivity index (χ2n) is 4.92. The Balaban J connectivity index is 2.39. The molecule has 0 N–H and O–H groups in total. The SMILES string of the molecule is CCCC(C)CN(CC#N)C1CCCC1. The van der Waals surface area contributed by atoms with Gasteiger partial charge in [-0.1, -0.05) is 33.1 Å². The van der Waals surface area contributed by atoms with Gasteiger partial charge in [0.15, 0.2) is 0 Å². The lowest BCUT2D eigenvalue weighted by atomic mass is 10.0. The van der Waals surface area contributed by atoms with Gasteiger partial charge in [0.05, 0.1) is 12.6 Å². The molecule has 0 spiro atoms. The van der Waals surface area contributed by atoms with Crippen molar-refractivity contribution in [2.24, 2.45) is 5.92 Å². The fourth-order valence-corrected chi connectivity index (χ4v) is 2.69. The molecule has 0 aromatic heterocycles. The molecular formula is C13H24N2. The Hall–Kier alpha value is -0.550. The van der Waals surface area contributed by atoms with Gasteiger partial charge in [0.1, 0.15) is 0 Å². The summed E-state index contributed by atoms with van der Waals surface area (Å²) in [6, 6.07) is 3.02. The highest BCUT2D eigenvalue weighted by Crippen LogP contribution is 2.24. The summed E-state index contributed by atoms with van der Waals surface area (Å²) in [5.41, 5.74) is 0. The molecule has 1 fully saturated rings. The van der Waals surface area contributed by atoms with Crippen LogP contribution in [0.1, 0.15) is 52.4 Å². The molecular weight excluding hydrogens is 184 g/mol. The van der Waals surface area contributed by atoms with E-state index in [1.54, 1.807) is 0 Å². The monoisotopic (exact) mass is 208 g/mol. The average Bonchev–Trinajstić information content (AvgIpc) is 2.70. The summed E-state index contributed by atoms with van der Waals surface area (Å²) >= 11 is 0. The molecule has 1 aliphatic rings. The van der Waals surface area contributed by atoms with E-state index in [2.05, 4.69) is 24.8 Å². The zero-order valence-corrected chi connectivity index (χ0v) is 10.2. The maximum absolute atomic E-state index is 8.85. The third kappa shape index (κ3) is 4.22. The minimum atomic E-state index is 0.624. The zero-order valence-electron chi connectivity index (χ0n) is 10.2. The first-order valence-corrected chi connectivity index (χ1v) is 6.39. The minimum absolute atomic E-state index is 0.624. The maximum atomic E-state index is 8.85. The summed E-state index contributed by atoms with van der Waals surface area (Å²) in [5, 5.41) is 8.85. The lowest BCUT2D eigenvalue weighted by Gasteiger charge is -2.28. The molecule has 2 nitrogen and oxygen atoms in total. The van der Waals surface area contributed by atoms with Gasteiger partial charge in [-0.2, -0.15) is 5.26 Å². The molecule has 1 unspecified atom stereocenters. The highest BCUT2D eigenvalue weighted by Gasteiger charge is 2.23. The van der Waals surface area contributed by atoms with Crippen LogP contribution in [0.4, 0.5) is 0 Å². The summed E-state index contributed by atoms with van der Waals surface area (Å²) in [6.45, 7) is 6.29. The molecule has 0 aliphatic heterocycles. The normalized spacial score (nSPS) is 19.3. The molecule has 1 rings (SSSR count). The minimum Gasteiger partial charge on any atom is -0.287 e. The van der Waals surface area contributed by atoms with Gasteiger partial charge in [-0.25, -0.2) is 0 Å². The van der Waals surface area contributed by atoms with E-state index in [-0.39, 0.29) is 0 Å². The van der Waals surface area contributed by atoms with Crippen molar-refractivity contribution in [3.05, 3.63) is 0 Å². The first-order chi connectivity index (χ1) is 7.27. The van der Waals surface area contributed by atoms with Crippen LogP contribution < -0.4 is 0 Å². The molecule has 1 saturated carbocycles. The van der Waals surface area contributed by atoms with E-state index in [0.29, 0.717) is 12.6 Å². The molecule has 0 bridgehead atoms. The van der Waals surface area contributed by atoms with Crippen LogP contribution in [0.3, 0.4) is 0 Å². The van der Waals surface area contributed by atoms with Gasteiger partial charge in [-0.3, -0.25) is 4.90 Å². The van der Waals surface area contributed by atoms with E-state index in [1.807, 2.05) is 0 Å². The van der Waals surface area contributed by atoms with Crippen molar-refractivity contribution >= 4 is 0 Å². The van der Waals surface area contributed by atoms with E-state index in [9.17, 15) is 0 Å². The van der Waals surface area contributed by atoms with Crippen molar-refractivity contribution < 1.29 is 0 Å². The first kappa shape index (κ1) is 12.5. The van der Waals surface area contributed by atoms with Crippen LogP contribution in [0, 0.1) is 17.2 Å². The van der Waals surface area contributed by atoms with Gasteiger partial charge in [0, 0.05) is 12.6 Å². The standard InChI is InChI=1S/C13H24N2/c1-3-6-12(2)11-15(10-9-14)13-7-4-5-8-13/h12-13H,3-8,10-11H2,1-2H3. The lowest BCUT2D eigenvalue weighted by Crippen LogP contribution is -2.37. The van der Waals surface area contributed by atoms with Crippen LogP contribution in [0.2, 0.25) is 0 Å². The maximum Gasteiger partial charge on any atom is 0.0868 e. The van der Waals surface area contributed by atoms with Crippen molar-refractivity contribution in [1.29, 1.82) is 5.26 Å². The van der Waals surface area contributed by atoms with Gasteiger partial charge in [-0.15, -0.1) is 0 Å². The Labute approximate surface area is 94.3 Å². The van der Waals surface area contributed by atoms with Crippen molar-refractivity contribution in [2.45, 2.75) is 58.4 Å². The molecule has 0 aromatic carbocycles. The molecule has 0 saturated heterocycles. The fraction of sp³-hybridized carbons (Fsp3) is 0.923. The highest BCUT2D eigenvalue weighted by molar-refractivity contribution is 4.85. The van der Waals surface area contributed by atoms with Gasteiger partial charge in [0.2, 0.25) is 0 Å². The molecule has 0 aromatic rings. The van der Waals surface area contributed by atoms with Gasteiger partial charge < -0.3 is 0 Å². The molecule has 2 heteroatoms. The summed E-state index contributed by atoms with van der Waals surface area (Å²) < 4.78 is 0. The van der Waals surface area contributed by atoms with Gasteiger partial charge in [-0.05, 0) is 25.2 Å². The van der Waals surface area contributed by atoms with Crippen molar-refractivity contribution in [1.82, 2.24) is 4.90 Å². The van der Waals surface area contributed by atoms with Crippen LogP contribution in [-0.4, -0.2) is 24.0 Å². The first-order valence-electron chi connectivity index (χ1n) is 6.39. The number of rotatable bonds is 6. The Morgan fingerprint density at radius 3 is 2.60 bits per heavy atom. The second-order valence-corrected chi connectivity index (χ2v) is 4.92. The molecule has 0 amide bonds. The topological polar surface area (TPSA) is 27.0 Å². The smallest absolute Gasteiger partial charge is 0.0868 e. The van der Waals surface area contributed by atoms with Crippen LogP contribution in [0.25, 0.3) is 0 Å². The third-order valence-electron chi connectivity index (χ3n) is 3.44. The number of nitrogens with zero attached hydrogens (tertiary/aromatic N) is 2. The Kier molecular flexibility index (Phi) is 5.71. The lowest BCUT2D eigenvalue weighted by molar-refractivity contribution is 0.189. The predicted octanol–water partition coefficient (Wildman–Crippen LogP) is 3.19. The van der Waals surface area contributed by atoms with E-state index in [4.69, 9.17) is 5.26 Å². The van der Waals surface area contributed by atoms with Crippen LogP contribution >= 0.6 is 0 Å². The molecule has 86 valence electrons. The predicted molar refractivity (Wildman–Crippen MR) is 63.5 cm³/mol. The van der Waals surface area contributed by atoms with E-state index in [1.165, 1.54) is 38.5 Å². The summed E-state index contributed by atoms with van der Waals surface area (Å²) in [7, 11) is 0. The second kappa shape index (κ2) is 6.85. The van der Waals surface area contributed by atoms with E-state index < -0.39 is 0 Å². The average molecular weight is 208 g/mol. The Bertz CT molecular complexity index is 201. The molecule has 15 heavy (non-hydrogen) atoms. The largest absolute Gasteiger partial charge is 0.287 e. The quantitative estimate of drug-likeness (QED) is 0.627. The van der Waals surface area contributed by atoms with E-state index >= 15 is 0 Å². The Morgan fingerprint density at radius 2 is 2.07 bits per heavy atom.